The number of piperazine rings is 1. The summed E-state index contributed by atoms with van der Waals surface area (Å²) >= 11 is 0. The number of amides is 3. The zero-order valence-electron chi connectivity index (χ0n) is 14.4. The summed E-state index contributed by atoms with van der Waals surface area (Å²) in [5.41, 5.74) is 1.73. The highest BCUT2D eigenvalue weighted by atomic mass is 16.2. The maximum atomic E-state index is 12.5. The van der Waals surface area contributed by atoms with E-state index in [4.69, 9.17) is 0 Å². The van der Waals surface area contributed by atoms with Crippen LogP contribution in [0.1, 0.15) is 6.92 Å². The standard InChI is InChI=1S/C17H24N4O3/c1-14(23)21(16-6-4-15(5-7-16)18(2)3)12-17(24)20-10-8-19(13-22)9-11-20/h4-7,13H,8-12H2,1-3H3. The monoisotopic (exact) mass is 332 g/mol. The van der Waals surface area contributed by atoms with Crippen molar-refractivity contribution in [1.82, 2.24) is 9.80 Å². The molecule has 1 aromatic carbocycles. The summed E-state index contributed by atoms with van der Waals surface area (Å²) in [6.07, 6.45) is 0.802. The van der Waals surface area contributed by atoms with E-state index in [1.165, 1.54) is 11.8 Å². The molecule has 1 aliphatic heterocycles. The molecule has 0 saturated carbocycles. The van der Waals surface area contributed by atoms with Gasteiger partial charge in [-0.3, -0.25) is 14.4 Å². The molecule has 24 heavy (non-hydrogen) atoms. The number of benzene rings is 1. The van der Waals surface area contributed by atoms with Gasteiger partial charge in [0.25, 0.3) is 0 Å². The van der Waals surface area contributed by atoms with Gasteiger partial charge in [0.15, 0.2) is 0 Å². The van der Waals surface area contributed by atoms with E-state index in [-0.39, 0.29) is 18.4 Å². The molecule has 7 nitrogen and oxygen atoms in total. The number of anilines is 2. The Labute approximate surface area is 142 Å². The molecule has 0 atom stereocenters. The lowest BCUT2D eigenvalue weighted by Crippen LogP contribution is -2.51. The molecule has 130 valence electrons. The number of rotatable bonds is 5. The van der Waals surface area contributed by atoms with Gasteiger partial charge in [0.05, 0.1) is 0 Å². The minimum absolute atomic E-state index is 0.0116. The highest BCUT2D eigenvalue weighted by molar-refractivity contribution is 5.97. The van der Waals surface area contributed by atoms with Crippen molar-refractivity contribution in [3.63, 3.8) is 0 Å². The third kappa shape index (κ3) is 4.24. The number of nitrogens with zero attached hydrogens (tertiary/aromatic N) is 4. The molecule has 1 aromatic rings. The fraction of sp³-hybridized carbons (Fsp3) is 0.471. The minimum atomic E-state index is -0.174. The molecule has 2 rings (SSSR count). The predicted octanol–water partition coefficient (Wildman–Crippen LogP) is 0.406. The average Bonchev–Trinajstić information content (AvgIpc) is 2.59. The van der Waals surface area contributed by atoms with Crippen LogP contribution in [-0.4, -0.2) is 74.8 Å². The van der Waals surface area contributed by atoms with E-state index in [2.05, 4.69) is 0 Å². The highest BCUT2D eigenvalue weighted by Crippen LogP contribution is 2.20. The molecule has 0 aliphatic carbocycles. The van der Waals surface area contributed by atoms with Gasteiger partial charge in [-0.2, -0.15) is 0 Å². The van der Waals surface area contributed by atoms with E-state index < -0.39 is 0 Å². The van der Waals surface area contributed by atoms with E-state index in [0.717, 1.165) is 12.1 Å². The molecule has 1 aliphatic rings. The fourth-order valence-corrected chi connectivity index (χ4v) is 2.63. The smallest absolute Gasteiger partial charge is 0.242 e. The fourth-order valence-electron chi connectivity index (χ4n) is 2.63. The van der Waals surface area contributed by atoms with Gasteiger partial charge < -0.3 is 19.6 Å². The Morgan fingerprint density at radius 1 is 1.04 bits per heavy atom. The van der Waals surface area contributed by atoms with Crippen LogP contribution in [0.3, 0.4) is 0 Å². The zero-order chi connectivity index (χ0) is 17.7. The van der Waals surface area contributed by atoms with Gasteiger partial charge in [-0.25, -0.2) is 0 Å². The molecular formula is C17H24N4O3. The van der Waals surface area contributed by atoms with E-state index in [0.29, 0.717) is 31.9 Å². The van der Waals surface area contributed by atoms with Crippen LogP contribution < -0.4 is 9.80 Å². The van der Waals surface area contributed by atoms with Crippen molar-refractivity contribution < 1.29 is 14.4 Å². The van der Waals surface area contributed by atoms with Crippen LogP contribution in [-0.2, 0) is 14.4 Å². The molecule has 0 aromatic heterocycles. The van der Waals surface area contributed by atoms with Crippen LogP contribution in [0.15, 0.2) is 24.3 Å². The third-order valence-electron chi connectivity index (χ3n) is 4.17. The predicted molar refractivity (Wildman–Crippen MR) is 93.0 cm³/mol. The van der Waals surface area contributed by atoms with Crippen molar-refractivity contribution in [3.05, 3.63) is 24.3 Å². The van der Waals surface area contributed by atoms with Gasteiger partial charge in [0.1, 0.15) is 6.54 Å². The maximum absolute atomic E-state index is 12.5. The Morgan fingerprint density at radius 3 is 2.04 bits per heavy atom. The Bertz CT molecular complexity index is 592. The molecule has 3 amide bonds. The van der Waals surface area contributed by atoms with Crippen LogP contribution in [0.5, 0.6) is 0 Å². The largest absolute Gasteiger partial charge is 0.378 e. The number of hydrogen-bond donors (Lipinski definition) is 0. The SMILES string of the molecule is CC(=O)N(CC(=O)N1CCN(C=O)CC1)c1ccc(N(C)C)cc1. The number of carbonyl (C=O) groups is 3. The summed E-state index contributed by atoms with van der Waals surface area (Å²) in [7, 11) is 3.89. The maximum Gasteiger partial charge on any atom is 0.242 e. The Balaban J connectivity index is 2.04. The van der Waals surface area contributed by atoms with Gasteiger partial charge in [-0.05, 0) is 24.3 Å². The first-order chi connectivity index (χ1) is 11.4. The second-order valence-corrected chi connectivity index (χ2v) is 6.04. The van der Waals surface area contributed by atoms with Crippen molar-refractivity contribution in [2.45, 2.75) is 6.92 Å². The summed E-state index contributed by atoms with van der Waals surface area (Å²) in [5, 5.41) is 0. The number of hydrogen-bond acceptors (Lipinski definition) is 4. The Morgan fingerprint density at radius 2 is 1.58 bits per heavy atom. The first-order valence-corrected chi connectivity index (χ1v) is 7.95. The Hall–Kier alpha value is -2.57. The van der Waals surface area contributed by atoms with Crippen molar-refractivity contribution in [2.24, 2.45) is 0 Å². The van der Waals surface area contributed by atoms with Crippen LogP contribution in [0.25, 0.3) is 0 Å². The van der Waals surface area contributed by atoms with E-state index in [1.807, 2.05) is 43.3 Å². The Kier molecular flexibility index (Phi) is 5.78. The molecule has 0 radical (unpaired) electrons. The first-order valence-electron chi connectivity index (χ1n) is 7.95. The van der Waals surface area contributed by atoms with Gasteiger partial charge in [0, 0.05) is 58.6 Å². The van der Waals surface area contributed by atoms with Crippen molar-refractivity contribution in [3.8, 4) is 0 Å². The summed E-state index contributed by atoms with van der Waals surface area (Å²) in [5.74, 6) is -0.278. The van der Waals surface area contributed by atoms with E-state index >= 15 is 0 Å². The highest BCUT2D eigenvalue weighted by Gasteiger charge is 2.23. The van der Waals surface area contributed by atoms with Crippen molar-refractivity contribution in [2.75, 3.05) is 56.6 Å². The summed E-state index contributed by atoms with van der Waals surface area (Å²) < 4.78 is 0. The van der Waals surface area contributed by atoms with E-state index in [1.54, 1.807) is 9.80 Å². The normalized spacial score (nSPS) is 14.3. The zero-order valence-corrected chi connectivity index (χ0v) is 14.4. The van der Waals surface area contributed by atoms with Gasteiger partial charge in [-0.15, -0.1) is 0 Å². The van der Waals surface area contributed by atoms with Crippen LogP contribution in [0.2, 0.25) is 0 Å². The van der Waals surface area contributed by atoms with Crippen LogP contribution >= 0.6 is 0 Å². The summed E-state index contributed by atoms with van der Waals surface area (Å²) in [6, 6.07) is 7.51. The molecule has 1 saturated heterocycles. The minimum Gasteiger partial charge on any atom is -0.378 e. The lowest BCUT2D eigenvalue weighted by atomic mass is 10.2. The first kappa shape index (κ1) is 17.8. The molecular weight excluding hydrogens is 308 g/mol. The topological polar surface area (TPSA) is 64.2 Å². The lowest BCUT2D eigenvalue weighted by Gasteiger charge is -2.34. The second kappa shape index (κ2) is 7.81. The molecule has 0 bridgehead atoms. The number of carbonyl (C=O) groups excluding carboxylic acids is 3. The van der Waals surface area contributed by atoms with Gasteiger partial charge >= 0.3 is 0 Å². The van der Waals surface area contributed by atoms with Gasteiger partial charge in [0.2, 0.25) is 18.2 Å². The van der Waals surface area contributed by atoms with Crippen molar-refractivity contribution in [1.29, 1.82) is 0 Å². The molecule has 0 N–H and O–H groups in total. The molecule has 0 unspecified atom stereocenters. The molecule has 7 heteroatoms. The van der Waals surface area contributed by atoms with Crippen LogP contribution in [0, 0.1) is 0 Å². The second-order valence-electron chi connectivity index (χ2n) is 6.04. The third-order valence-corrected chi connectivity index (χ3v) is 4.17. The summed E-state index contributed by atoms with van der Waals surface area (Å²) in [6.45, 7) is 3.54. The molecule has 1 fully saturated rings. The van der Waals surface area contributed by atoms with E-state index in [9.17, 15) is 14.4 Å². The quantitative estimate of drug-likeness (QED) is 0.733. The molecule has 0 spiro atoms. The average molecular weight is 332 g/mol. The lowest BCUT2D eigenvalue weighted by molar-refractivity contribution is -0.134. The van der Waals surface area contributed by atoms with Crippen molar-refractivity contribution >= 4 is 29.6 Å². The van der Waals surface area contributed by atoms with Gasteiger partial charge in [-0.1, -0.05) is 0 Å². The molecule has 1 heterocycles. The summed E-state index contributed by atoms with van der Waals surface area (Å²) in [4.78, 5) is 42.0. The van der Waals surface area contributed by atoms with Crippen LogP contribution in [0.4, 0.5) is 11.4 Å².